The van der Waals surface area contributed by atoms with E-state index in [0.717, 1.165) is 11.1 Å². The average Bonchev–Trinajstić information content (AvgIpc) is 2.98. The van der Waals surface area contributed by atoms with Crippen molar-refractivity contribution in [3.63, 3.8) is 0 Å². The largest absolute Gasteiger partial charge is 0.299 e. The zero-order valence-electron chi connectivity index (χ0n) is 21.1. The number of rotatable bonds is 5. The van der Waals surface area contributed by atoms with Crippen LogP contribution in [-0.2, 0) is 0 Å². The van der Waals surface area contributed by atoms with Crippen LogP contribution in [0, 0.1) is 11.5 Å². The Morgan fingerprint density at radius 1 is 0.632 bits per heavy atom. The number of hydrogen-bond donors (Lipinski definition) is 1. The van der Waals surface area contributed by atoms with Crippen LogP contribution in [0.3, 0.4) is 0 Å². The van der Waals surface area contributed by atoms with Crippen molar-refractivity contribution in [1.82, 2.24) is 5.32 Å². The third-order valence-corrected chi connectivity index (χ3v) is 7.14. The van der Waals surface area contributed by atoms with Crippen molar-refractivity contribution in [2.45, 2.75) is 6.92 Å². The summed E-state index contributed by atoms with van der Waals surface area (Å²) in [5.41, 5.74) is 6.94. The van der Waals surface area contributed by atoms with E-state index in [-0.39, 0.29) is 0 Å². The molecule has 0 heterocycles. The molecule has 180 valence electrons. The zero-order chi connectivity index (χ0) is 25.9. The maximum atomic E-state index is 8.96. The minimum Gasteiger partial charge on any atom is -0.299 e. The van der Waals surface area contributed by atoms with Gasteiger partial charge >= 0.3 is 0 Å². The van der Waals surface area contributed by atoms with Crippen molar-refractivity contribution in [3.8, 4) is 28.4 Å². The van der Waals surface area contributed by atoms with Gasteiger partial charge in [-0.15, -0.1) is 0 Å². The quantitative estimate of drug-likeness (QED) is 0.114. The second-order valence-corrected chi connectivity index (χ2v) is 9.30. The lowest BCUT2D eigenvalue weighted by Crippen LogP contribution is -1.95. The zero-order valence-corrected chi connectivity index (χ0v) is 21.1. The van der Waals surface area contributed by atoms with Crippen LogP contribution in [0.5, 0.6) is 0 Å². The molecule has 0 spiro atoms. The monoisotopic (exact) mass is 486 g/mol. The van der Waals surface area contributed by atoms with Crippen LogP contribution in [0.2, 0.25) is 0 Å². The number of hydrogen-bond acceptors (Lipinski definition) is 2. The summed E-state index contributed by atoms with van der Waals surface area (Å²) >= 11 is 0. The van der Waals surface area contributed by atoms with Crippen LogP contribution in [-0.4, -0.2) is 0 Å². The summed E-state index contributed by atoms with van der Waals surface area (Å²) in [4.78, 5) is 0. The molecule has 0 unspecified atom stereocenters. The maximum Gasteiger partial charge on any atom is 0.180 e. The molecular weight excluding hydrogens is 460 g/mol. The molecule has 6 aromatic carbocycles. The van der Waals surface area contributed by atoms with Gasteiger partial charge in [0.15, 0.2) is 6.19 Å². The van der Waals surface area contributed by atoms with Gasteiger partial charge in [0.1, 0.15) is 0 Å². The van der Waals surface area contributed by atoms with E-state index in [4.69, 9.17) is 5.26 Å². The van der Waals surface area contributed by atoms with E-state index < -0.39 is 0 Å². The average molecular weight is 487 g/mol. The Hall–Kier alpha value is -5.13. The summed E-state index contributed by atoms with van der Waals surface area (Å²) in [6.07, 6.45) is 7.69. The van der Waals surface area contributed by atoms with Gasteiger partial charge in [-0.2, -0.15) is 5.26 Å². The fraction of sp³-hybridized carbons (Fsp3) is 0.0278. The third kappa shape index (κ3) is 4.01. The lowest BCUT2D eigenvalue weighted by atomic mass is 9.84. The Labute approximate surface area is 222 Å². The van der Waals surface area contributed by atoms with Crippen molar-refractivity contribution >= 4 is 37.9 Å². The third-order valence-electron chi connectivity index (χ3n) is 7.14. The predicted octanol–water partition coefficient (Wildman–Crippen LogP) is 9.47. The van der Waals surface area contributed by atoms with Gasteiger partial charge < -0.3 is 0 Å². The summed E-state index contributed by atoms with van der Waals surface area (Å²) in [6, 6.07) is 41.3. The molecule has 38 heavy (non-hydrogen) atoms. The van der Waals surface area contributed by atoms with Crippen LogP contribution >= 0.6 is 0 Å². The summed E-state index contributed by atoms with van der Waals surface area (Å²) in [5, 5.41) is 19.1. The smallest absolute Gasteiger partial charge is 0.180 e. The highest BCUT2D eigenvalue weighted by Gasteiger charge is 2.17. The fourth-order valence-corrected chi connectivity index (χ4v) is 5.52. The van der Waals surface area contributed by atoms with Gasteiger partial charge in [-0.1, -0.05) is 127 Å². The molecule has 0 fully saturated rings. The SMILES string of the molecule is C/C=C\C(=C/NC#N)c1ccc(-c2c3ccccc3c(-c3cccc4ccccc34)c3ccccc23)cc1. The highest BCUT2D eigenvalue weighted by atomic mass is 14.8. The molecule has 0 bridgehead atoms. The number of fused-ring (bicyclic) bond motifs is 3. The van der Waals surface area contributed by atoms with Crippen LogP contribution in [0.15, 0.2) is 134 Å². The first kappa shape index (κ1) is 23.3. The first-order valence-corrected chi connectivity index (χ1v) is 12.8. The molecule has 6 aromatic rings. The molecule has 0 saturated carbocycles. The minimum absolute atomic E-state index is 0.960. The molecule has 0 atom stereocenters. The van der Waals surface area contributed by atoms with Gasteiger partial charge in [-0.05, 0) is 72.6 Å². The van der Waals surface area contributed by atoms with E-state index >= 15 is 0 Å². The van der Waals surface area contributed by atoms with Crippen molar-refractivity contribution in [2.75, 3.05) is 0 Å². The topological polar surface area (TPSA) is 35.8 Å². The number of allylic oxidation sites excluding steroid dienone is 3. The highest BCUT2D eigenvalue weighted by molar-refractivity contribution is 6.23. The van der Waals surface area contributed by atoms with Gasteiger partial charge in [0.25, 0.3) is 0 Å². The second kappa shape index (κ2) is 10.1. The Morgan fingerprint density at radius 3 is 1.79 bits per heavy atom. The summed E-state index contributed by atoms with van der Waals surface area (Å²) in [6.45, 7) is 1.98. The fourth-order valence-electron chi connectivity index (χ4n) is 5.52. The van der Waals surface area contributed by atoms with Crippen molar-refractivity contribution in [2.24, 2.45) is 0 Å². The second-order valence-electron chi connectivity index (χ2n) is 9.30. The van der Waals surface area contributed by atoms with E-state index in [1.54, 1.807) is 6.20 Å². The van der Waals surface area contributed by atoms with E-state index in [1.807, 2.05) is 25.3 Å². The van der Waals surface area contributed by atoms with Crippen molar-refractivity contribution < 1.29 is 0 Å². The molecule has 1 N–H and O–H groups in total. The van der Waals surface area contributed by atoms with Crippen LogP contribution < -0.4 is 5.32 Å². The molecule has 2 nitrogen and oxygen atoms in total. The standard InChI is InChI=1S/C36H26N2/c1-2-10-28(23-38-24-37)25-19-21-27(22-20-25)35-31-14-5-7-16-33(31)36(34-17-8-6-15-32(34)35)30-18-9-12-26-11-3-4-13-29(26)30/h2-23,38H,1H3/b10-2-,28-23+. The van der Waals surface area contributed by atoms with E-state index in [2.05, 4.69) is 121 Å². The lowest BCUT2D eigenvalue weighted by Gasteiger charge is -2.19. The van der Waals surface area contributed by atoms with Gasteiger partial charge in [-0.3, -0.25) is 5.32 Å². The first-order valence-electron chi connectivity index (χ1n) is 12.8. The van der Waals surface area contributed by atoms with Crippen molar-refractivity contribution in [1.29, 1.82) is 5.26 Å². The molecule has 0 aliphatic heterocycles. The Morgan fingerprint density at radius 2 is 1.18 bits per heavy atom. The molecule has 0 aromatic heterocycles. The highest BCUT2D eigenvalue weighted by Crippen LogP contribution is 2.45. The summed E-state index contributed by atoms with van der Waals surface area (Å²) in [5.74, 6) is 0. The summed E-state index contributed by atoms with van der Waals surface area (Å²) in [7, 11) is 0. The number of nitrogens with one attached hydrogen (secondary N) is 1. The Kier molecular flexibility index (Phi) is 6.18. The van der Waals surface area contributed by atoms with Gasteiger partial charge in [0, 0.05) is 6.20 Å². The van der Waals surface area contributed by atoms with Crippen LogP contribution in [0.25, 0.3) is 60.1 Å². The molecule has 6 rings (SSSR count). The van der Waals surface area contributed by atoms with Gasteiger partial charge in [-0.25, -0.2) is 0 Å². The molecule has 2 heteroatoms. The van der Waals surface area contributed by atoms with Crippen molar-refractivity contribution in [3.05, 3.63) is 139 Å². The first-order chi connectivity index (χ1) is 18.8. The van der Waals surface area contributed by atoms with Gasteiger partial charge in [0.05, 0.1) is 0 Å². The van der Waals surface area contributed by atoms with Gasteiger partial charge in [0.2, 0.25) is 0 Å². The normalized spacial score (nSPS) is 11.8. The molecule has 0 aliphatic rings. The molecule has 0 amide bonds. The van der Waals surface area contributed by atoms with Crippen LogP contribution in [0.1, 0.15) is 12.5 Å². The Balaban J connectivity index is 1.63. The lowest BCUT2D eigenvalue weighted by molar-refractivity contribution is 1.20. The molecular formula is C36H26N2. The predicted molar refractivity (Wildman–Crippen MR) is 161 cm³/mol. The van der Waals surface area contributed by atoms with Crippen LogP contribution in [0.4, 0.5) is 0 Å². The molecule has 0 aliphatic carbocycles. The Bertz CT molecular complexity index is 1840. The molecule has 0 saturated heterocycles. The summed E-state index contributed by atoms with van der Waals surface area (Å²) < 4.78 is 0. The number of nitriles is 1. The molecule has 0 radical (unpaired) electrons. The maximum absolute atomic E-state index is 8.96. The minimum atomic E-state index is 0.960. The number of benzene rings is 6. The van der Waals surface area contributed by atoms with E-state index in [0.29, 0.717) is 0 Å². The van der Waals surface area contributed by atoms with E-state index in [9.17, 15) is 0 Å². The number of nitrogens with zero attached hydrogens (tertiary/aromatic N) is 1. The van der Waals surface area contributed by atoms with E-state index in [1.165, 1.54) is 54.6 Å².